The van der Waals surface area contributed by atoms with Crippen LogP contribution in [0.5, 0.6) is 0 Å². The van der Waals surface area contributed by atoms with Crippen molar-refractivity contribution in [3.05, 3.63) is 32.6 Å². The van der Waals surface area contributed by atoms with Crippen LogP contribution in [0.1, 0.15) is 19.4 Å². The maximum Gasteiger partial charge on any atom is 0.330 e. The highest BCUT2D eigenvalue weighted by molar-refractivity contribution is 9.10. The van der Waals surface area contributed by atoms with Gasteiger partial charge in [-0.3, -0.25) is 14.2 Å². The fraction of sp³-hybridized carbons (Fsp3) is 0.583. The number of hydrogen-bond donors (Lipinski definition) is 0. The zero-order valence-corrected chi connectivity index (χ0v) is 13.3. The van der Waals surface area contributed by atoms with Crippen LogP contribution in [0.3, 0.4) is 0 Å². The Bertz CT molecular complexity index is 610. The van der Waals surface area contributed by atoms with Crippen molar-refractivity contribution in [2.75, 3.05) is 7.05 Å². The minimum Gasteiger partial charge on any atom is -0.340 e. The number of nitrogens with zero attached hydrogens (tertiary/aromatic N) is 3. The van der Waals surface area contributed by atoms with Gasteiger partial charge in [0.1, 0.15) is 0 Å². The van der Waals surface area contributed by atoms with Gasteiger partial charge in [0.25, 0.3) is 5.56 Å². The van der Waals surface area contributed by atoms with Crippen LogP contribution in [-0.4, -0.2) is 31.3 Å². The summed E-state index contributed by atoms with van der Waals surface area (Å²) < 4.78 is 1.68. The van der Waals surface area contributed by atoms with E-state index in [2.05, 4.69) is 15.9 Å². The van der Waals surface area contributed by atoms with Crippen molar-refractivity contribution < 1.29 is 4.79 Å². The summed E-state index contributed by atoms with van der Waals surface area (Å²) in [5, 5.41) is 0. The summed E-state index contributed by atoms with van der Waals surface area (Å²) in [7, 11) is 4.61. The molecular formula is C12H18BrN3O3. The molecule has 1 rings (SSSR count). The first-order valence-electron chi connectivity index (χ1n) is 5.75. The van der Waals surface area contributed by atoms with Crippen LogP contribution >= 0.6 is 15.9 Å². The molecule has 1 aromatic heterocycles. The fourth-order valence-corrected chi connectivity index (χ4v) is 2.08. The number of rotatable bonds is 3. The van der Waals surface area contributed by atoms with E-state index in [0.717, 1.165) is 4.57 Å². The first-order valence-corrected chi connectivity index (χ1v) is 6.55. The van der Waals surface area contributed by atoms with Crippen molar-refractivity contribution in [1.82, 2.24) is 14.0 Å². The van der Waals surface area contributed by atoms with Gasteiger partial charge in [0.05, 0.1) is 16.4 Å². The third kappa shape index (κ3) is 3.34. The normalized spacial score (nSPS) is 11.5. The van der Waals surface area contributed by atoms with Crippen LogP contribution in [0, 0.1) is 0 Å². The summed E-state index contributed by atoms with van der Waals surface area (Å²) in [5.74, 6) is -0.136. The van der Waals surface area contributed by atoms with E-state index in [1.807, 2.05) is 0 Å². The summed E-state index contributed by atoms with van der Waals surface area (Å²) in [6.45, 7) is 3.64. The fourth-order valence-electron chi connectivity index (χ4n) is 1.77. The second-order valence-electron chi connectivity index (χ2n) is 5.05. The molecule has 0 atom stereocenters. The molecule has 0 radical (unpaired) electrons. The Hall–Kier alpha value is -1.37. The van der Waals surface area contributed by atoms with E-state index in [9.17, 15) is 14.4 Å². The Kier molecular flexibility index (Phi) is 4.39. The van der Waals surface area contributed by atoms with Crippen LogP contribution < -0.4 is 11.2 Å². The average molecular weight is 332 g/mol. The van der Waals surface area contributed by atoms with Gasteiger partial charge >= 0.3 is 5.69 Å². The summed E-state index contributed by atoms with van der Waals surface area (Å²) in [6, 6.07) is 0. The topological polar surface area (TPSA) is 64.3 Å². The van der Waals surface area contributed by atoms with Crippen molar-refractivity contribution in [1.29, 1.82) is 0 Å². The SMILES string of the molecule is CN(Cc1cn(C)c(=O)n(C)c1=O)C(=O)C(C)(C)Br. The lowest BCUT2D eigenvalue weighted by Crippen LogP contribution is -2.43. The number of carbonyl (C=O) groups excluding carboxylic acids is 1. The maximum absolute atomic E-state index is 12.0. The van der Waals surface area contributed by atoms with Gasteiger partial charge in [-0.25, -0.2) is 4.79 Å². The molecule has 0 aromatic carbocycles. The third-order valence-electron chi connectivity index (χ3n) is 2.78. The molecule has 0 fully saturated rings. The van der Waals surface area contributed by atoms with Gasteiger partial charge < -0.3 is 9.47 Å². The van der Waals surface area contributed by atoms with E-state index in [4.69, 9.17) is 0 Å². The Morgan fingerprint density at radius 3 is 2.37 bits per heavy atom. The molecule has 0 aliphatic rings. The largest absolute Gasteiger partial charge is 0.340 e. The van der Waals surface area contributed by atoms with Gasteiger partial charge in [0.15, 0.2) is 0 Å². The van der Waals surface area contributed by atoms with E-state index in [1.165, 1.54) is 22.7 Å². The minimum atomic E-state index is -0.687. The monoisotopic (exact) mass is 331 g/mol. The summed E-state index contributed by atoms with van der Waals surface area (Å²) in [4.78, 5) is 37.0. The van der Waals surface area contributed by atoms with Crippen LogP contribution in [-0.2, 0) is 25.4 Å². The Labute approximate surface area is 119 Å². The van der Waals surface area contributed by atoms with Gasteiger partial charge in [-0.1, -0.05) is 15.9 Å². The van der Waals surface area contributed by atoms with E-state index in [0.29, 0.717) is 5.56 Å². The molecule has 19 heavy (non-hydrogen) atoms. The number of amides is 1. The van der Waals surface area contributed by atoms with Gasteiger partial charge in [-0.05, 0) is 13.8 Å². The van der Waals surface area contributed by atoms with E-state index >= 15 is 0 Å². The number of carbonyl (C=O) groups is 1. The molecule has 0 N–H and O–H groups in total. The summed E-state index contributed by atoms with van der Waals surface area (Å²) in [5.41, 5.74) is -0.365. The molecule has 0 spiro atoms. The van der Waals surface area contributed by atoms with Crippen LogP contribution in [0.15, 0.2) is 15.8 Å². The maximum atomic E-state index is 12.0. The van der Waals surface area contributed by atoms with Gasteiger partial charge in [-0.15, -0.1) is 0 Å². The minimum absolute atomic E-state index is 0.136. The Balaban J connectivity index is 3.12. The molecule has 7 heteroatoms. The number of aryl methyl sites for hydroxylation is 1. The first kappa shape index (κ1) is 15.7. The highest BCUT2D eigenvalue weighted by atomic mass is 79.9. The molecular weight excluding hydrogens is 314 g/mol. The second-order valence-corrected chi connectivity index (χ2v) is 7.03. The van der Waals surface area contributed by atoms with Gasteiger partial charge in [-0.2, -0.15) is 0 Å². The highest BCUT2D eigenvalue weighted by Gasteiger charge is 2.27. The van der Waals surface area contributed by atoms with Crippen molar-refractivity contribution in [3.8, 4) is 0 Å². The van der Waals surface area contributed by atoms with Crippen molar-refractivity contribution >= 4 is 21.8 Å². The van der Waals surface area contributed by atoms with Crippen LogP contribution in [0.2, 0.25) is 0 Å². The quantitative estimate of drug-likeness (QED) is 0.744. The summed E-state index contributed by atoms with van der Waals surface area (Å²) in [6.07, 6.45) is 1.47. The average Bonchev–Trinajstić information content (AvgIpc) is 2.31. The Morgan fingerprint density at radius 2 is 1.89 bits per heavy atom. The molecule has 0 unspecified atom stereocenters. The number of hydrogen-bond acceptors (Lipinski definition) is 3. The van der Waals surface area contributed by atoms with Gasteiger partial charge in [0, 0.05) is 27.3 Å². The summed E-state index contributed by atoms with van der Waals surface area (Å²) >= 11 is 3.29. The third-order valence-corrected chi connectivity index (χ3v) is 3.12. The molecule has 1 aromatic rings. The molecule has 1 heterocycles. The molecule has 0 saturated carbocycles. The molecule has 0 bridgehead atoms. The Morgan fingerprint density at radius 1 is 1.37 bits per heavy atom. The predicted octanol–water partition coefficient (Wildman–Crippen LogP) is 0.216. The predicted molar refractivity (Wildman–Crippen MR) is 76.4 cm³/mol. The molecule has 6 nitrogen and oxygen atoms in total. The second kappa shape index (κ2) is 5.32. The van der Waals surface area contributed by atoms with E-state index in [-0.39, 0.29) is 23.7 Å². The number of halogens is 1. The lowest BCUT2D eigenvalue weighted by Gasteiger charge is -2.24. The van der Waals surface area contributed by atoms with Gasteiger partial charge in [0.2, 0.25) is 5.91 Å². The first-order chi connectivity index (χ1) is 8.55. The molecule has 106 valence electrons. The lowest BCUT2D eigenvalue weighted by atomic mass is 10.2. The lowest BCUT2D eigenvalue weighted by molar-refractivity contribution is -0.132. The van der Waals surface area contributed by atoms with E-state index in [1.54, 1.807) is 27.9 Å². The van der Waals surface area contributed by atoms with Crippen LogP contribution in [0.25, 0.3) is 0 Å². The van der Waals surface area contributed by atoms with Crippen molar-refractivity contribution in [2.45, 2.75) is 24.7 Å². The number of alkyl halides is 1. The molecule has 1 amide bonds. The molecule has 0 saturated heterocycles. The number of aromatic nitrogens is 2. The standard InChI is InChI=1S/C12H18BrN3O3/c1-12(2,13)10(18)14(3)6-8-7-15(4)11(19)16(5)9(8)17/h7H,6H2,1-5H3. The van der Waals surface area contributed by atoms with E-state index < -0.39 is 4.32 Å². The van der Waals surface area contributed by atoms with Crippen LogP contribution in [0.4, 0.5) is 0 Å². The van der Waals surface area contributed by atoms with Crippen molar-refractivity contribution in [2.24, 2.45) is 14.1 Å². The zero-order valence-electron chi connectivity index (χ0n) is 11.7. The molecule has 0 aliphatic heterocycles. The smallest absolute Gasteiger partial charge is 0.330 e. The highest BCUT2D eigenvalue weighted by Crippen LogP contribution is 2.19. The molecule has 0 aliphatic carbocycles. The zero-order chi connectivity index (χ0) is 15.0. The van der Waals surface area contributed by atoms with Crippen molar-refractivity contribution in [3.63, 3.8) is 0 Å².